The summed E-state index contributed by atoms with van der Waals surface area (Å²) in [5.41, 5.74) is 1.20. The summed E-state index contributed by atoms with van der Waals surface area (Å²) in [6.07, 6.45) is 11.0. The third-order valence-corrected chi connectivity index (χ3v) is 6.46. The Kier molecular flexibility index (Phi) is 10.6. The van der Waals surface area contributed by atoms with E-state index in [9.17, 15) is 9.59 Å². The third kappa shape index (κ3) is 7.30. The van der Waals surface area contributed by atoms with E-state index >= 15 is 0 Å². The van der Waals surface area contributed by atoms with Gasteiger partial charge in [0.05, 0.1) is 0 Å². The molecule has 3 aromatic rings. The molecule has 35 heavy (non-hydrogen) atoms. The highest BCUT2D eigenvalue weighted by atomic mass is 16.5. The average Bonchev–Trinajstić information content (AvgIpc) is 2.86. The van der Waals surface area contributed by atoms with E-state index < -0.39 is 0 Å². The largest absolute Gasteiger partial charge is 0.425 e. The Hall–Kier alpha value is -2.88. The van der Waals surface area contributed by atoms with Gasteiger partial charge in [-0.05, 0) is 37.3 Å². The van der Waals surface area contributed by atoms with Crippen LogP contribution in [0, 0.1) is 0 Å². The predicted octanol–water partition coefficient (Wildman–Crippen LogP) is 8.70. The van der Waals surface area contributed by atoms with Crippen molar-refractivity contribution in [2.45, 2.75) is 97.8 Å². The van der Waals surface area contributed by atoms with Gasteiger partial charge in [-0.1, -0.05) is 95.7 Å². The van der Waals surface area contributed by atoms with Crippen molar-refractivity contribution in [1.82, 2.24) is 0 Å². The standard InChI is InChI=1S/C31H40O4/c1-4-7-10-15-23-20-21-26-27(22-23)31(35-29(33)19-12-9-6-3)25-17-14-13-16-24(25)30(26)34-28(32)18-11-8-5-2/h13-14,16-17,20-22H,4-12,15,18-19H2,1-3H3. The minimum Gasteiger partial charge on any atom is -0.425 e. The zero-order valence-electron chi connectivity index (χ0n) is 21.7. The Morgan fingerprint density at radius 3 is 1.63 bits per heavy atom. The van der Waals surface area contributed by atoms with E-state index in [2.05, 4.69) is 32.9 Å². The average molecular weight is 477 g/mol. The number of benzene rings is 3. The first-order valence-corrected chi connectivity index (χ1v) is 13.5. The van der Waals surface area contributed by atoms with Crippen LogP contribution in [0.2, 0.25) is 0 Å². The normalized spacial score (nSPS) is 11.2. The first-order valence-electron chi connectivity index (χ1n) is 13.5. The Bertz CT molecular complexity index is 1130. The second-order valence-corrected chi connectivity index (χ2v) is 9.40. The summed E-state index contributed by atoms with van der Waals surface area (Å²) in [5.74, 6) is 0.690. The maximum atomic E-state index is 12.8. The van der Waals surface area contributed by atoms with Crippen LogP contribution >= 0.6 is 0 Å². The molecule has 0 saturated heterocycles. The van der Waals surface area contributed by atoms with Gasteiger partial charge in [0, 0.05) is 34.4 Å². The van der Waals surface area contributed by atoms with E-state index in [0.29, 0.717) is 24.3 Å². The number of hydrogen-bond donors (Lipinski definition) is 0. The molecule has 3 rings (SSSR count). The molecule has 0 heterocycles. The number of fused-ring (bicyclic) bond motifs is 2. The molecule has 0 fully saturated rings. The zero-order chi connectivity index (χ0) is 25.0. The second-order valence-electron chi connectivity index (χ2n) is 9.40. The van der Waals surface area contributed by atoms with E-state index in [4.69, 9.17) is 9.47 Å². The van der Waals surface area contributed by atoms with Crippen molar-refractivity contribution in [2.24, 2.45) is 0 Å². The summed E-state index contributed by atoms with van der Waals surface area (Å²) in [6, 6.07) is 14.0. The molecule has 0 spiro atoms. The predicted molar refractivity (Wildman–Crippen MR) is 144 cm³/mol. The monoisotopic (exact) mass is 476 g/mol. The maximum Gasteiger partial charge on any atom is 0.311 e. The number of unbranched alkanes of at least 4 members (excludes halogenated alkanes) is 6. The van der Waals surface area contributed by atoms with Gasteiger partial charge in [-0.3, -0.25) is 9.59 Å². The molecule has 4 nitrogen and oxygen atoms in total. The third-order valence-electron chi connectivity index (χ3n) is 6.46. The van der Waals surface area contributed by atoms with Gasteiger partial charge in [0.1, 0.15) is 11.5 Å². The van der Waals surface area contributed by atoms with Crippen molar-refractivity contribution in [3.8, 4) is 11.5 Å². The number of esters is 2. The maximum absolute atomic E-state index is 12.8. The smallest absolute Gasteiger partial charge is 0.311 e. The topological polar surface area (TPSA) is 52.6 Å². The quantitative estimate of drug-likeness (QED) is 0.101. The van der Waals surface area contributed by atoms with E-state index in [0.717, 1.165) is 79.3 Å². The van der Waals surface area contributed by atoms with Gasteiger partial charge in [0.15, 0.2) is 0 Å². The van der Waals surface area contributed by atoms with Crippen LogP contribution < -0.4 is 9.47 Å². The molecule has 0 aromatic heterocycles. The summed E-state index contributed by atoms with van der Waals surface area (Å²) in [4.78, 5) is 25.5. The van der Waals surface area contributed by atoms with Crippen LogP contribution in [0.3, 0.4) is 0 Å². The fourth-order valence-electron chi connectivity index (χ4n) is 4.47. The molecule has 0 aliphatic rings. The van der Waals surface area contributed by atoms with E-state index in [1.807, 2.05) is 30.3 Å². The highest BCUT2D eigenvalue weighted by Crippen LogP contribution is 2.43. The summed E-state index contributed by atoms with van der Waals surface area (Å²) in [6.45, 7) is 6.44. The van der Waals surface area contributed by atoms with E-state index in [-0.39, 0.29) is 11.9 Å². The van der Waals surface area contributed by atoms with Crippen molar-refractivity contribution in [3.63, 3.8) is 0 Å². The summed E-state index contributed by atoms with van der Waals surface area (Å²) >= 11 is 0. The van der Waals surface area contributed by atoms with Crippen LogP contribution in [0.4, 0.5) is 0 Å². The number of rotatable bonds is 14. The number of aryl methyl sites for hydroxylation is 1. The molecule has 0 aliphatic heterocycles. The molecule has 4 heteroatoms. The minimum atomic E-state index is -0.221. The van der Waals surface area contributed by atoms with Crippen molar-refractivity contribution >= 4 is 33.5 Å². The summed E-state index contributed by atoms with van der Waals surface area (Å²) in [7, 11) is 0. The van der Waals surface area contributed by atoms with Crippen LogP contribution in [0.25, 0.3) is 21.5 Å². The van der Waals surface area contributed by atoms with E-state index in [1.165, 1.54) is 12.0 Å². The van der Waals surface area contributed by atoms with Gasteiger partial charge in [0.2, 0.25) is 0 Å². The molecular formula is C31H40O4. The number of carbonyl (C=O) groups excluding carboxylic acids is 2. The lowest BCUT2D eigenvalue weighted by Gasteiger charge is -2.17. The van der Waals surface area contributed by atoms with Crippen molar-refractivity contribution < 1.29 is 19.1 Å². The van der Waals surface area contributed by atoms with Crippen molar-refractivity contribution in [1.29, 1.82) is 0 Å². The van der Waals surface area contributed by atoms with Crippen LogP contribution in [0.5, 0.6) is 11.5 Å². The van der Waals surface area contributed by atoms with Crippen molar-refractivity contribution in [3.05, 3.63) is 48.0 Å². The molecule has 0 amide bonds. The number of carbonyl (C=O) groups is 2. The fraction of sp³-hybridized carbons (Fsp3) is 0.484. The highest BCUT2D eigenvalue weighted by Gasteiger charge is 2.20. The lowest BCUT2D eigenvalue weighted by molar-refractivity contribution is -0.135. The lowest BCUT2D eigenvalue weighted by Crippen LogP contribution is -2.11. The lowest BCUT2D eigenvalue weighted by atomic mass is 9.97. The molecule has 0 saturated carbocycles. The first-order chi connectivity index (χ1) is 17.1. The summed E-state index contributed by atoms with van der Waals surface area (Å²) in [5, 5.41) is 3.23. The molecule has 0 atom stereocenters. The Morgan fingerprint density at radius 1 is 0.600 bits per heavy atom. The van der Waals surface area contributed by atoms with Crippen LogP contribution in [-0.2, 0) is 16.0 Å². The molecular weight excluding hydrogens is 436 g/mol. The molecule has 0 bridgehead atoms. The molecule has 0 aliphatic carbocycles. The van der Waals surface area contributed by atoms with Crippen LogP contribution in [0.15, 0.2) is 42.5 Å². The highest BCUT2D eigenvalue weighted by molar-refractivity contribution is 6.12. The molecule has 0 N–H and O–H groups in total. The Labute approximate surface area is 210 Å². The van der Waals surface area contributed by atoms with Crippen LogP contribution in [0.1, 0.15) is 97.0 Å². The fourth-order valence-corrected chi connectivity index (χ4v) is 4.47. The second kappa shape index (κ2) is 13.9. The van der Waals surface area contributed by atoms with Gasteiger partial charge in [-0.2, -0.15) is 0 Å². The van der Waals surface area contributed by atoms with Gasteiger partial charge in [0.25, 0.3) is 0 Å². The number of ether oxygens (including phenoxy) is 2. The molecule has 0 radical (unpaired) electrons. The molecule has 188 valence electrons. The van der Waals surface area contributed by atoms with Crippen molar-refractivity contribution in [2.75, 3.05) is 0 Å². The minimum absolute atomic E-state index is 0.217. The summed E-state index contributed by atoms with van der Waals surface area (Å²) < 4.78 is 12.0. The molecule has 3 aromatic carbocycles. The van der Waals surface area contributed by atoms with Crippen LogP contribution in [-0.4, -0.2) is 11.9 Å². The van der Waals surface area contributed by atoms with Gasteiger partial charge in [-0.25, -0.2) is 0 Å². The van der Waals surface area contributed by atoms with Gasteiger partial charge >= 0.3 is 11.9 Å². The van der Waals surface area contributed by atoms with Gasteiger partial charge in [-0.15, -0.1) is 0 Å². The van der Waals surface area contributed by atoms with Gasteiger partial charge < -0.3 is 9.47 Å². The van der Waals surface area contributed by atoms with E-state index in [1.54, 1.807) is 0 Å². The Morgan fingerprint density at radius 2 is 1.09 bits per heavy atom. The number of hydrogen-bond acceptors (Lipinski definition) is 4. The SMILES string of the molecule is CCCCCC(=O)Oc1c2ccccc2c(OC(=O)CCCCC)c2cc(CCCCC)ccc12. The zero-order valence-corrected chi connectivity index (χ0v) is 21.7. The Balaban J connectivity index is 2.08. The first kappa shape index (κ1) is 26.7. The molecule has 0 unspecified atom stereocenters.